The van der Waals surface area contributed by atoms with Crippen molar-refractivity contribution in [3.63, 3.8) is 0 Å². The van der Waals surface area contributed by atoms with E-state index < -0.39 is 0 Å². The molecule has 0 amide bonds. The number of nitrogens with zero attached hydrogens (tertiary/aromatic N) is 2. The minimum absolute atomic E-state index is 1.04. The Balaban J connectivity index is 1.23. The molecule has 5 aromatic rings. The third-order valence-electron chi connectivity index (χ3n) is 8.07. The van der Waals surface area contributed by atoms with Crippen molar-refractivity contribution in [2.45, 2.75) is 32.6 Å². The summed E-state index contributed by atoms with van der Waals surface area (Å²) in [5, 5.41) is 1.34. The summed E-state index contributed by atoms with van der Waals surface area (Å²) in [5.41, 5.74) is 12.8. The van der Waals surface area contributed by atoms with E-state index in [-0.39, 0.29) is 0 Å². The van der Waals surface area contributed by atoms with Crippen molar-refractivity contribution in [1.82, 2.24) is 4.57 Å². The van der Waals surface area contributed by atoms with E-state index in [1.165, 1.54) is 61.6 Å². The van der Waals surface area contributed by atoms with Gasteiger partial charge in [0.2, 0.25) is 0 Å². The van der Waals surface area contributed by atoms with Gasteiger partial charge >= 0.3 is 0 Å². The third-order valence-corrected chi connectivity index (χ3v) is 8.07. The molecular weight excluding hydrogens is 472 g/mol. The lowest BCUT2D eigenvalue weighted by molar-refractivity contribution is 0.888. The Morgan fingerprint density at radius 2 is 1.41 bits per heavy atom. The van der Waals surface area contributed by atoms with Crippen LogP contribution in [0.5, 0.6) is 0 Å². The topological polar surface area (TPSA) is 8.17 Å². The number of rotatable bonds is 5. The Morgan fingerprint density at radius 3 is 2.18 bits per heavy atom. The van der Waals surface area contributed by atoms with Gasteiger partial charge in [-0.15, -0.1) is 0 Å². The fraction of sp³-hybridized carbons (Fsp3) is 0.135. The molecule has 2 aliphatic carbocycles. The van der Waals surface area contributed by atoms with Crippen LogP contribution in [0.2, 0.25) is 0 Å². The molecule has 0 saturated heterocycles. The molecule has 4 aromatic carbocycles. The zero-order chi connectivity index (χ0) is 26.2. The zero-order valence-electron chi connectivity index (χ0n) is 22.3. The molecular formula is C37H32N2. The third kappa shape index (κ3) is 4.23. The standard InChI is InChI=1S/C37H32N2/c1-27-11-5-8-16-35(27)38(30-12-3-2-4-13-30)31-23-19-28(20-24-31)29-21-25-32(26-22-29)39-36-17-9-6-14-33(36)34-15-7-10-18-37(34)39/h2-3,5-9,11-12,14-17,19-26H,4,10,13,18H2,1H3. The van der Waals surface area contributed by atoms with Crippen LogP contribution in [0.15, 0.2) is 127 Å². The molecule has 1 aromatic heterocycles. The summed E-state index contributed by atoms with van der Waals surface area (Å²) >= 11 is 0. The smallest absolute Gasteiger partial charge is 0.0537 e. The summed E-state index contributed by atoms with van der Waals surface area (Å²) in [7, 11) is 0. The molecule has 2 aliphatic rings. The second kappa shape index (κ2) is 9.96. The highest BCUT2D eigenvalue weighted by molar-refractivity contribution is 5.93. The number of allylic oxidation sites excluding steroid dienone is 5. The van der Waals surface area contributed by atoms with Crippen LogP contribution in [0, 0.1) is 6.92 Å². The van der Waals surface area contributed by atoms with Crippen molar-refractivity contribution in [2.24, 2.45) is 0 Å². The molecule has 0 N–H and O–H groups in total. The molecule has 2 heteroatoms. The highest BCUT2D eigenvalue weighted by atomic mass is 15.1. The lowest BCUT2D eigenvalue weighted by atomic mass is 10.0. The van der Waals surface area contributed by atoms with Gasteiger partial charge < -0.3 is 9.47 Å². The molecule has 1 heterocycles. The summed E-state index contributed by atoms with van der Waals surface area (Å²) in [4.78, 5) is 2.42. The molecule has 0 aliphatic heterocycles. The van der Waals surface area contributed by atoms with Gasteiger partial charge in [-0.3, -0.25) is 0 Å². The van der Waals surface area contributed by atoms with E-state index in [0.717, 1.165) is 25.7 Å². The van der Waals surface area contributed by atoms with E-state index in [1.807, 2.05) is 0 Å². The van der Waals surface area contributed by atoms with Crippen LogP contribution >= 0.6 is 0 Å². The summed E-state index contributed by atoms with van der Waals surface area (Å²) in [5.74, 6) is 0. The molecule has 39 heavy (non-hydrogen) atoms. The monoisotopic (exact) mass is 504 g/mol. The lowest BCUT2D eigenvalue weighted by Crippen LogP contribution is -2.18. The van der Waals surface area contributed by atoms with Gasteiger partial charge in [0.25, 0.3) is 0 Å². The van der Waals surface area contributed by atoms with Crippen molar-refractivity contribution >= 4 is 28.4 Å². The Bertz CT molecular complexity index is 1740. The van der Waals surface area contributed by atoms with E-state index >= 15 is 0 Å². The molecule has 0 saturated carbocycles. The zero-order valence-corrected chi connectivity index (χ0v) is 22.3. The highest BCUT2D eigenvalue weighted by Gasteiger charge is 2.19. The Hall–Kier alpha value is -4.56. The fourth-order valence-electron chi connectivity index (χ4n) is 6.12. The quantitative estimate of drug-likeness (QED) is 0.231. The largest absolute Gasteiger partial charge is 0.314 e. The first kappa shape index (κ1) is 23.5. The molecule has 7 rings (SSSR count). The SMILES string of the molecule is Cc1ccccc1N(C1=CC=CCC1)c1ccc(-c2ccc(-n3c4c(c5ccccc53)C=CCC4)cc2)cc1. The predicted octanol–water partition coefficient (Wildman–Crippen LogP) is 9.94. The number of hydrogen-bond donors (Lipinski definition) is 0. The average Bonchev–Trinajstić information content (AvgIpc) is 3.34. The van der Waals surface area contributed by atoms with E-state index in [9.17, 15) is 0 Å². The van der Waals surface area contributed by atoms with Crippen molar-refractivity contribution < 1.29 is 0 Å². The van der Waals surface area contributed by atoms with Gasteiger partial charge in [0, 0.05) is 39.4 Å². The van der Waals surface area contributed by atoms with Crippen LogP contribution in [-0.2, 0) is 6.42 Å². The first-order chi connectivity index (χ1) is 19.3. The maximum atomic E-state index is 2.45. The van der Waals surface area contributed by atoms with Crippen molar-refractivity contribution in [2.75, 3.05) is 4.90 Å². The van der Waals surface area contributed by atoms with Crippen LogP contribution in [0.4, 0.5) is 11.4 Å². The van der Waals surface area contributed by atoms with Crippen molar-refractivity contribution in [1.29, 1.82) is 0 Å². The molecule has 190 valence electrons. The second-order valence-corrected chi connectivity index (χ2v) is 10.5. The number of aromatic nitrogens is 1. The summed E-state index contributed by atoms with van der Waals surface area (Å²) in [6.07, 6.45) is 15.6. The molecule has 0 unspecified atom stereocenters. The fourth-order valence-corrected chi connectivity index (χ4v) is 6.12. The van der Waals surface area contributed by atoms with Gasteiger partial charge in [-0.2, -0.15) is 0 Å². The van der Waals surface area contributed by atoms with Crippen LogP contribution in [0.25, 0.3) is 33.8 Å². The van der Waals surface area contributed by atoms with Crippen molar-refractivity contribution in [3.8, 4) is 16.8 Å². The van der Waals surface area contributed by atoms with Crippen LogP contribution in [0.1, 0.15) is 36.1 Å². The number of hydrogen-bond acceptors (Lipinski definition) is 1. The van der Waals surface area contributed by atoms with E-state index in [4.69, 9.17) is 0 Å². The predicted molar refractivity (Wildman–Crippen MR) is 166 cm³/mol. The van der Waals surface area contributed by atoms with E-state index in [0.29, 0.717) is 0 Å². The van der Waals surface area contributed by atoms with Gasteiger partial charge in [-0.25, -0.2) is 0 Å². The Kier molecular flexibility index (Phi) is 6.01. The maximum absolute atomic E-state index is 2.45. The summed E-state index contributed by atoms with van der Waals surface area (Å²) < 4.78 is 2.45. The number of benzene rings is 4. The average molecular weight is 505 g/mol. The van der Waals surface area contributed by atoms with E-state index in [2.05, 4.69) is 144 Å². The van der Waals surface area contributed by atoms with Gasteiger partial charge in [0.05, 0.1) is 5.52 Å². The Morgan fingerprint density at radius 1 is 0.692 bits per heavy atom. The summed E-state index contributed by atoms with van der Waals surface area (Å²) in [6, 6.07) is 35.5. The molecule has 0 fully saturated rings. The molecule has 0 atom stereocenters. The van der Waals surface area contributed by atoms with Gasteiger partial charge in [-0.1, -0.05) is 85.0 Å². The minimum atomic E-state index is 1.04. The molecule has 0 radical (unpaired) electrons. The summed E-state index contributed by atoms with van der Waals surface area (Å²) in [6.45, 7) is 2.19. The lowest BCUT2D eigenvalue weighted by Gasteiger charge is -2.30. The molecule has 0 spiro atoms. The number of para-hydroxylation sites is 2. The van der Waals surface area contributed by atoms with Gasteiger partial charge in [0.1, 0.15) is 0 Å². The Labute approximate surface area is 230 Å². The van der Waals surface area contributed by atoms with Crippen LogP contribution < -0.4 is 4.90 Å². The van der Waals surface area contributed by atoms with Crippen molar-refractivity contribution in [3.05, 3.63) is 144 Å². The number of aryl methyl sites for hydroxylation is 1. The van der Waals surface area contributed by atoms with Gasteiger partial charge in [-0.05, 0) is 91.8 Å². The highest BCUT2D eigenvalue weighted by Crippen LogP contribution is 2.37. The first-order valence-corrected chi connectivity index (χ1v) is 14.0. The molecule has 2 nitrogen and oxygen atoms in total. The first-order valence-electron chi connectivity index (χ1n) is 14.0. The van der Waals surface area contributed by atoms with Gasteiger partial charge in [0.15, 0.2) is 0 Å². The van der Waals surface area contributed by atoms with E-state index in [1.54, 1.807) is 0 Å². The molecule has 0 bridgehead atoms. The minimum Gasteiger partial charge on any atom is -0.314 e. The normalized spacial score (nSPS) is 14.3. The van der Waals surface area contributed by atoms with Crippen LogP contribution in [0.3, 0.4) is 0 Å². The van der Waals surface area contributed by atoms with Crippen LogP contribution in [-0.4, -0.2) is 4.57 Å². The second-order valence-electron chi connectivity index (χ2n) is 10.5. The number of fused-ring (bicyclic) bond motifs is 3. The maximum Gasteiger partial charge on any atom is 0.0537 e. The number of anilines is 2.